The lowest BCUT2D eigenvalue weighted by Crippen LogP contribution is -2.08. The number of nitrogens with two attached hydrogens (primary N) is 1. The van der Waals surface area contributed by atoms with E-state index in [9.17, 15) is 4.57 Å². The summed E-state index contributed by atoms with van der Waals surface area (Å²) in [6.07, 6.45) is 0. The first-order chi connectivity index (χ1) is 5.02. The summed E-state index contributed by atoms with van der Waals surface area (Å²) in [6, 6.07) is 3.31. The molecule has 1 aromatic rings. The zero-order chi connectivity index (χ0) is 8.48. The summed E-state index contributed by atoms with van der Waals surface area (Å²) in [5.41, 5.74) is 5.26. The van der Waals surface area contributed by atoms with Gasteiger partial charge in [0.15, 0.2) is 0 Å². The van der Waals surface area contributed by atoms with E-state index in [4.69, 9.17) is 15.5 Å². The maximum atomic E-state index is 10.6. The zero-order valence-electron chi connectivity index (χ0n) is 5.54. The Morgan fingerprint density at radius 3 is 2.64 bits per heavy atom. The van der Waals surface area contributed by atoms with Crippen LogP contribution in [0, 0.1) is 0 Å². The van der Waals surface area contributed by atoms with Crippen molar-refractivity contribution in [2.24, 2.45) is 5.73 Å². The van der Waals surface area contributed by atoms with Gasteiger partial charge in [-0.05, 0) is 11.4 Å². The molecule has 1 heterocycles. The molecule has 0 aliphatic rings. The van der Waals surface area contributed by atoms with E-state index in [0.717, 1.165) is 0 Å². The molecule has 0 saturated carbocycles. The summed E-state index contributed by atoms with van der Waals surface area (Å²) in [7, 11) is -4.16. The van der Waals surface area contributed by atoms with Gasteiger partial charge >= 0.3 is 7.60 Å². The van der Waals surface area contributed by atoms with Crippen LogP contribution in [-0.4, -0.2) is 9.79 Å². The highest BCUT2D eigenvalue weighted by molar-refractivity contribution is 7.52. The van der Waals surface area contributed by atoms with E-state index in [2.05, 4.69) is 0 Å². The van der Waals surface area contributed by atoms with Gasteiger partial charge in [-0.25, -0.2) is 0 Å². The second kappa shape index (κ2) is 3.05. The first-order valence-electron chi connectivity index (χ1n) is 2.86. The Morgan fingerprint density at radius 2 is 2.27 bits per heavy atom. The maximum Gasteiger partial charge on any atom is 0.347 e. The van der Waals surface area contributed by atoms with Gasteiger partial charge in [-0.3, -0.25) is 4.57 Å². The fourth-order valence-electron chi connectivity index (χ4n) is 0.625. The van der Waals surface area contributed by atoms with Gasteiger partial charge in [-0.1, -0.05) is 6.07 Å². The van der Waals surface area contributed by atoms with Gasteiger partial charge in [0, 0.05) is 4.88 Å². The molecule has 62 valence electrons. The van der Waals surface area contributed by atoms with Crippen LogP contribution in [0.1, 0.15) is 10.7 Å². The van der Waals surface area contributed by atoms with Crippen molar-refractivity contribution in [3.63, 3.8) is 0 Å². The predicted molar refractivity (Wildman–Crippen MR) is 43.3 cm³/mol. The lowest BCUT2D eigenvalue weighted by molar-refractivity contribution is 0.360. The summed E-state index contributed by atoms with van der Waals surface area (Å²) in [5.74, 6) is -1.16. The van der Waals surface area contributed by atoms with E-state index in [-0.39, 0.29) is 0 Å². The van der Waals surface area contributed by atoms with Gasteiger partial charge in [-0.15, -0.1) is 11.3 Å². The minimum absolute atomic E-state index is 0.512. The third-order valence-electron chi connectivity index (χ3n) is 1.20. The third kappa shape index (κ3) is 2.12. The van der Waals surface area contributed by atoms with Gasteiger partial charge in [-0.2, -0.15) is 0 Å². The summed E-state index contributed by atoms with van der Waals surface area (Å²) in [5, 5.41) is 1.73. The van der Waals surface area contributed by atoms with Gasteiger partial charge in [0.05, 0.1) is 0 Å². The minimum Gasteiger partial charge on any atom is -0.323 e. The SMILES string of the molecule is N[C@@H](c1cccs1)P(=O)(O)O. The molecule has 4 nitrogen and oxygen atoms in total. The van der Waals surface area contributed by atoms with Crippen LogP contribution in [0.25, 0.3) is 0 Å². The van der Waals surface area contributed by atoms with Crippen LogP contribution in [0.2, 0.25) is 0 Å². The molecule has 0 spiro atoms. The largest absolute Gasteiger partial charge is 0.347 e. The van der Waals surface area contributed by atoms with Gasteiger partial charge in [0.2, 0.25) is 0 Å². The number of thiophene rings is 1. The monoisotopic (exact) mass is 193 g/mol. The number of hydrogen-bond donors (Lipinski definition) is 3. The van der Waals surface area contributed by atoms with Crippen LogP contribution in [0.3, 0.4) is 0 Å². The fraction of sp³-hybridized carbons (Fsp3) is 0.200. The lowest BCUT2D eigenvalue weighted by Gasteiger charge is -2.10. The molecule has 0 aromatic carbocycles. The van der Waals surface area contributed by atoms with Crippen molar-refractivity contribution in [2.75, 3.05) is 0 Å². The van der Waals surface area contributed by atoms with Crippen LogP contribution in [0.4, 0.5) is 0 Å². The van der Waals surface area contributed by atoms with E-state index >= 15 is 0 Å². The number of hydrogen-bond acceptors (Lipinski definition) is 3. The highest BCUT2D eigenvalue weighted by Crippen LogP contribution is 2.49. The van der Waals surface area contributed by atoms with Crippen LogP contribution in [0.15, 0.2) is 17.5 Å². The third-order valence-corrected chi connectivity index (χ3v) is 3.33. The zero-order valence-corrected chi connectivity index (χ0v) is 7.26. The molecule has 0 fully saturated rings. The molecular formula is C5H8NO3PS. The molecule has 1 aromatic heterocycles. The Labute approximate surface area is 67.8 Å². The smallest absolute Gasteiger partial charge is 0.323 e. The summed E-state index contributed by atoms with van der Waals surface area (Å²) >= 11 is 1.24. The molecule has 1 rings (SSSR count). The molecule has 11 heavy (non-hydrogen) atoms. The number of rotatable bonds is 2. The van der Waals surface area contributed by atoms with Crippen molar-refractivity contribution in [1.82, 2.24) is 0 Å². The van der Waals surface area contributed by atoms with Gasteiger partial charge < -0.3 is 15.5 Å². The minimum atomic E-state index is -4.16. The van der Waals surface area contributed by atoms with E-state index in [1.807, 2.05) is 0 Å². The molecule has 0 radical (unpaired) electrons. The Balaban J connectivity index is 2.87. The second-order valence-corrected chi connectivity index (χ2v) is 4.76. The topological polar surface area (TPSA) is 83.6 Å². The van der Waals surface area contributed by atoms with Crippen molar-refractivity contribution in [2.45, 2.75) is 5.78 Å². The molecule has 6 heteroatoms. The molecule has 0 aliphatic heterocycles. The molecular weight excluding hydrogens is 185 g/mol. The predicted octanol–water partition coefficient (Wildman–Crippen LogP) is 0.883. The molecule has 0 amide bonds. The first kappa shape index (κ1) is 8.90. The van der Waals surface area contributed by atoms with Crippen LogP contribution in [-0.2, 0) is 4.57 Å². The second-order valence-electron chi connectivity index (χ2n) is 2.05. The Kier molecular flexibility index (Phi) is 2.47. The quantitative estimate of drug-likeness (QED) is 0.609. The highest BCUT2D eigenvalue weighted by Gasteiger charge is 2.26. The molecule has 1 atom stereocenters. The molecule has 4 N–H and O–H groups in total. The lowest BCUT2D eigenvalue weighted by atomic mass is 10.5. The maximum absolute atomic E-state index is 10.6. The molecule has 0 aliphatic carbocycles. The van der Waals surface area contributed by atoms with Gasteiger partial charge in [0.25, 0.3) is 0 Å². The highest BCUT2D eigenvalue weighted by atomic mass is 32.1. The molecule has 0 saturated heterocycles. The van der Waals surface area contributed by atoms with Crippen molar-refractivity contribution >= 4 is 18.9 Å². The average Bonchev–Trinajstić information content (AvgIpc) is 2.34. The first-order valence-corrected chi connectivity index (χ1v) is 5.42. The summed E-state index contributed by atoms with van der Waals surface area (Å²) in [4.78, 5) is 17.8. The van der Waals surface area contributed by atoms with E-state index in [1.54, 1.807) is 17.5 Å². The van der Waals surface area contributed by atoms with Crippen LogP contribution < -0.4 is 5.73 Å². The standard InChI is InChI=1S/C5H8NO3PS/c6-5(10(7,8)9)4-2-1-3-11-4/h1-3,5H,6H2,(H2,7,8,9)/t5-/m1/s1. The average molecular weight is 193 g/mol. The van der Waals surface area contributed by atoms with E-state index in [1.165, 1.54) is 11.3 Å². The van der Waals surface area contributed by atoms with Crippen LogP contribution in [0.5, 0.6) is 0 Å². The Bertz CT molecular complexity index is 267. The Morgan fingerprint density at radius 1 is 1.64 bits per heavy atom. The van der Waals surface area contributed by atoms with Gasteiger partial charge in [0.1, 0.15) is 5.78 Å². The normalized spacial score (nSPS) is 14.8. The summed E-state index contributed by atoms with van der Waals surface area (Å²) < 4.78 is 10.6. The van der Waals surface area contributed by atoms with E-state index in [0.29, 0.717) is 4.88 Å². The Hall–Kier alpha value is -0.190. The van der Waals surface area contributed by atoms with Crippen molar-refractivity contribution in [1.29, 1.82) is 0 Å². The van der Waals surface area contributed by atoms with E-state index < -0.39 is 13.4 Å². The molecule has 0 bridgehead atoms. The molecule has 0 unspecified atom stereocenters. The van der Waals surface area contributed by atoms with Crippen molar-refractivity contribution < 1.29 is 14.4 Å². The van der Waals surface area contributed by atoms with Crippen LogP contribution >= 0.6 is 18.9 Å². The summed E-state index contributed by atoms with van der Waals surface area (Å²) in [6.45, 7) is 0. The van der Waals surface area contributed by atoms with Crippen molar-refractivity contribution in [3.8, 4) is 0 Å². The van der Waals surface area contributed by atoms with Crippen molar-refractivity contribution in [3.05, 3.63) is 22.4 Å². The fourth-order valence-corrected chi connectivity index (χ4v) is 2.25.